The van der Waals surface area contributed by atoms with Crippen molar-refractivity contribution in [2.45, 2.75) is 39.2 Å². The number of nitrogens with one attached hydrogen (secondary N) is 2. The summed E-state index contributed by atoms with van der Waals surface area (Å²) in [7, 11) is 0. The molecule has 6 heteroatoms. The second-order valence-electron chi connectivity index (χ2n) is 5.88. The molecule has 0 aromatic rings. The minimum absolute atomic E-state index is 0. The number of nitrogens with zero attached hydrogens (tertiary/aromatic N) is 1. The van der Waals surface area contributed by atoms with Crippen molar-refractivity contribution in [3.05, 3.63) is 0 Å². The molecule has 0 aromatic heterocycles. The summed E-state index contributed by atoms with van der Waals surface area (Å²) in [6.45, 7) is 9.33. The zero-order chi connectivity index (χ0) is 13.0. The molecule has 0 aromatic carbocycles. The maximum atomic E-state index is 11.9. The highest BCUT2D eigenvalue weighted by Crippen LogP contribution is 2.16. The van der Waals surface area contributed by atoms with E-state index in [0.29, 0.717) is 12.0 Å². The van der Waals surface area contributed by atoms with Crippen LogP contribution >= 0.6 is 24.8 Å². The van der Waals surface area contributed by atoms with Gasteiger partial charge in [0.25, 0.3) is 0 Å². The summed E-state index contributed by atoms with van der Waals surface area (Å²) in [6.07, 6.45) is 3.97. The molecule has 2 heterocycles. The number of piperidine rings is 1. The van der Waals surface area contributed by atoms with E-state index in [1.54, 1.807) is 0 Å². The van der Waals surface area contributed by atoms with Crippen molar-refractivity contribution in [3.8, 4) is 0 Å². The van der Waals surface area contributed by atoms with Gasteiger partial charge >= 0.3 is 0 Å². The first-order chi connectivity index (χ1) is 8.68. The van der Waals surface area contributed by atoms with Gasteiger partial charge in [0, 0.05) is 25.0 Å². The van der Waals surface area contributed by atoms with E-state index in [0.717, 1.165) is 26.2 Å². The van der Waals surface area contributed by atoms with E-state index < -0.39 is 0 Å². The molecule has 0 saturated carbocycles. The van der Waals surface area contributed by atoms with Crippen molar-refractivity contribution in [1.29, 1.82) is 0 Å². The number of rotatable bonds is 5. The van der Waals surface area contributed by atoms with Crippen LogP contribution in [0.3, 0.4) is 0 Å². The molecule has 1 amide bonds. The smallest absolute Gasteiger partial charge is 0.223 e. The maximum Gasteiger partial charge on any atom is 0.223 e. The first-order valence-electron chi connectivity index (χ1n) is 7.41. The average Bonchev–Trinajstić information content (AvgIpc) is 2.29. The summed E-state index contributed by atoms with van der Waals surface area (Å²) in [5, 5.41) is 6.31. The SMILES string of the molecule is CC(C(=O)NCCN1CCCCC1C)C1CNC1.Cl.Cl. The summed E-state index contributed by atoms with van der Waals surface area (Å²) in [5.74, 6) is 0.926. The van der Waals surface area contributed by atoms with Crippen LogP contribution in [-0.4, -0.2) is 49.6 Å². The maximum absolute atomic E-state index is 11.9. The van der Waals surface area contributed by atoms with Crippen LogP contribution < -0.4 is 10.6 Å². The molecule has 0 radical (unpaired) electrons. The summed E-state index contributed by atoms with van der Waals surface area (Å²) >= 11 is 0. The molecular weight excluding hydrogens is 297 g/mol. The number of carbonyl (C=O) groups is 1. The topological polar surface area (TPSA) is 44.4 Å². The quantitative estimate of drug-likeness (QED) is 0.808. The Labute approximate surface area is 135 Å². The molecule has 4 nitrogen and oxygen atoms in total. The number of hydrogen-bond donors (Lipinski definition) is 2. The number of halogens is 2. The predicted molar refractivity (Wildman–Crippen MR) is 87.9 cm³/mol. The van der Waals surface area contributed by atoms with Crippen LogP contribution in [0.1, 0.15) is 33.1 Å². The fourth-order valence-electron chi connectivity index (χ4n) is 2.85. The Morgan fingerprint density at radius 1 is 1.35 bits per heavy atom. The van der Waals surface area contributed by atoms with Crippen LogP contribution in [0.15, 0.2) is 0 Å². The molecule has 2 fully saturated rings. The predicted octanol–water partition coefficient (Wildman–Crippen LogP) is 1.68. The lowest BCUT2D eigenvalue weighted by molar-refractivity contribution is -0.126. The molecule has 20 heavy (non-hydrogen) atoms. The van der Waals surface area contributed by atoms with E-state index in [1.807, 2.05) is 6.92 Å². The fraction of sp³-hybridized carbons (Fsp3) is 0.929. The Hall–Kier alpha value is -0.0300. The van der Waals surface area contributed by atoms with Crippen LogP contribution in [0.4, 0.5) is 0 Å². The summed E-state index contributed by atoms with van der Waals surface area (Å²) in [6, 6.07) is 0.684. The Morgan fingerprint density at radius 2 is 2.05 bits per heavy atom. The molecule has 2 unspecified atom stereocenters. The first kappa shape index (κ1) is 20.0. The van der Waals surface area contributed by atoms with Crippen LogP contribution in [0.2, 0.25) is 0 Å². The van der Waals surface area contributed by atoms with Gasteiger partial charge in [-0.1, -0.05) is 13.3 Å². The Morgan fingerprint density at radius 3 is 2.60 bits per heavy atom. The molecule has 0 spiro atoms. The number of hydrogen-bond acceptors (Lipinski definition) is 3. The summed E-state index contributed by atoms with van der Waals surface area (Å²) in [4.78, 5) is 14.4. The van der Waals surface area contributed by atoms with Crippen LogP contribution in [-0.2, 0) is 4.79 Å². The minimum atomic E-state index is 0. The van der Waals surface area contributed by atoms with E-state index in [-0.39, 0.29) is 36.6 Å². The van der Waals surface area contributed by atoms with Gasteiger partial charge in [-0.2, -0.15) is 0 Å². The van der Waals surface area contributed by atoms with Crippen molar-refractivity contribution in [2.75, 3.05) is 32.7 Å². The fourth-order valence-corrected chi connectivity index (χ4v) is 2.85. The van der Waals surface area contributed by atoms with E-state index in [1.165, 1.54) is 25.8 Å². The van der Waals surface area contributed by atoms with E-state index in [2.05, 4.69) is 22.5 Å². The third kappa shape index (κ3) is 5.40. The highest BCUT2D eigenvalue weighted by atomic mass is 35.5. The van der Waals surface area contributed by atoms with Gasteiger partial charge in [0.15, 0.2) is 0 Å². The molecule has 2 saturated heterocycles. The van der Waals surface area contributed by atoms with Crippen molar-refractivity contribution in [1.82, 2.24) is 15.5 Å². The van der Waals surface area contributed by atoms with E-state index in [9.17, 15) is 4.79 Å². The summed E-state index contributed by atoms with van der Waals surface area (Å²) in [5.41, 5.74) is 0. The highest BCUT2D eigenvalue weighted by molar-refractivity contribution is 5.85. The molecule has 0 aliphatic carbocycles. The molecule has 0 bridgehead atoms. The second kappa shape index (κ2) is 9.82. The Bertz CT molecular complexity index is 288. The number of likely N-dealkylation sites (tertiary alicyclic amines) is 1. The first-order valence-corrected chi connectivity index (χ1v) is 7.41. The minimum Gasteiger partial charge on any atom is -0.355 e. The van der Waals surface area contributed by atoms with Gasteiger partial charge in [-0.15, -0.1) is 24.8 Å². The third-order valence-corrected chi connectivity index (χ3v) is 4.57. The molecule has 2 aliphatic rings. The molecule has 2 N–H and O–H groups in total. The van der Waals surface area contributed by atoms with Crippen LogP contribution in [0.25, 0.3) is 0 Å². The van der Waals surface area contributed by atoms with E-state index >= 15 is 0 Å². The van der Waals surface area contributed by atoms with Crippen LogP contribution in [0, 0.1) is 11.8 Å². The zero-order valence-corrected chi connectivity index (χ0v) is 14.2. The van der Waals surface area contributed by atoms with Crippen molar-refractivity contribution in [2.24, 2.45) is 11.8 Å². The van der Waals surface area contributed by atoms with Gasteiger partial charge in [-0.25, -0.2) is 0 Å². The van der Waals surface area contributed by atoms with Crippen molar-refractivity contribution in [3.63, 3.8) is 0 Å². The van der Waals surface area contributed by atoms with Gasteiger partial charge < -0.3 is 10.6 Å². The average molecular weight is 326 g/mol. The van der Waals surface area contributed by atoms with Gasteiger partial charge in [0.05, 0.1) is 0 Å². The van der Waals surface area contributed by atoms with Crippen molar-refractivity contribution < 1.29 is 4.79 Å². The zero-order valence-electron chi connectivity index (χ0n) is 12.6. The normalized spacial score (nSPS) is 24.8. The largest absolute Gasteiger partial charge is 0.355 e. The molecule has 2 rings (SSSR count). The third-order valence-electron chi connectivity index (χ3n) is 4.57. The van der Waals surface area contributed by atoms with Gasteiger partial charge in [-0.05, 0) is 45.3 Å². The monoisotopic (exact) mass is 325 g/mol. The van der Waals surface area contributed by atoms with Crippen molar-refractivity contribution >= 4 is 30.7 Å². The molecule has 2 aliphatic heterocycles. The van der Waals surface area contributed by atoms with Crippen LogP contribution in [0.5, 0.6) is 0 Å². The van der Waals surface area contributed by atoms with Gasteiger partial charge in [-0.3, -0.25) is 9.69 Å². The molecule has 120 valence electrons. The number of amides is 1. The standard InChI is InChI=1S/C14H27N3O.2ClH/c1-11-5-3-4-7-17(11)8-6-16-14(18)12(2)13-9-15-10-13;;/h11-13,15H,3-10H2,1-2H3,(H,16,18);2*1H. The lowest BCUT2D eigenvalue weighted by Gasteiger charge is -2.34. The lowest BCUT2D eigenvalue weighted by atomic mass is 9.88. The lowest BCUT2D eigenvalue weighted by Crippen LogP contribution is -2.50. The van der Waals surface area contributed by atoms with Gasteiger partial charge in [0.2, 0.25) is 5.91 Å². The highest BCUT2D eigenvalue weighted by Gasteiger charge is 2.28. The number of carbonyl (C=O) groups excluding carboxylic acids is 1. The Kier molecular flexibility index (Phi) is 9.81. The second-order valence-corrected chi connectivity index (χ2v) is 5.88. The van der Waals surface area contributed by atoms with E-state index in [4.69, 9.17) is 0 Å². The molecular formula is C14H29Cl2N3O. The molecule has 2 atom stereocenters. The Balaban J connectivity index is 0.00000180. The van der Waals surface area contributed by atoms with Gasteiger partial charge in [0.1, 0.15) is 0 Å². The summed E-state index contributed by atoms with van der Waals surface area (Å²) < 4.78 is 0.